The molecule has 0 unspecified atom stereocenters. The third kappa shape index (κ3) is 2.14. The number of anilines is 2. The zero-order chi connectivity index (χ0) is 11.6. The Morgan fingerprint density at radius 2 is 2.19 bits per heavy atom. The molecule has 0 atom stereocenters. The number of nitrogens with one attached hydrogen (secondary N) is 1. The molecular formula is C13H20N2O. The lowest BCUT2D eigenvalue weighted by Crippen LogP contribution is -2.45. The number of hydrogen-bond acceptors (Lipinski definition) is 3. The number of benzene rings is 1. The summed E-state index contributed by atoms with van der Waals surface area (Å²) in [5.74, 6) is 0. The SMILES string of the molecule is COC1(CNc2ccc(C)c(N)c2)CCC1. The summed E-state index contributed by atoms with van der Waals surface area (Å²) in [6, 6.07) is 6.09. The first-order valence-electron chi connectivity index (χ1n) is 5.80. The van der Waals surface area contributed by atoms with E-state index in [4.69, 9.17) is 10.5 Å². The van der Waals surface area contributed by atoms with Crippen LogP contribution in [0.3, 0.4) is 0 Å². The van der Waals surface area contributed by atoms with E-state index in [1.807, 2.05) is 19.1 Å². The van der Waals surface area contributed by atoms with E-state index >= 15 is 0 Å². The van der Waals surface area contributed by atoms with Crippen LogP contribution in [0.5, 0.6) is 0 Å². The first-order valence-corrected chi connectivity index (χ1v) is 5.80. The predicted octanol–water partition coefficient (Wildman–Crippen LogP) is 2.56. The summed E-state index contributed by atoms with van der Waals surface area (Å²) < 4.78 is 5.56. The van der Waals surface area contributed by atoms with Gasteiger partial charge in [0.05, 0.1) is 5.60 Å². The highest BCUT2D eigenvalue weighted by atomic mass is 16.5. The number of nitrogens with two attached hydrogens (primary N) is 1. The lowest BCUT2D eigenvalue weighted by atomic mass is 9.80. The van der Waals surface area contributed by atoms with Gasteiger partial charge in [-0.25, -0.2) is 0 Å². The largest absolute Gasteiger partial charge is 0.398 e. The molecule has 3 heteroatoms. The Kier molecular flexibility index (Phi) is 3.06. The standard InChI is InChI=1S/C13H20N2O/c1-10-4-5-11(8-12(10)14)15-9-13(16-2)6-3-7-13/h4-5,8,15H,3,6-7,9,14H2,1-2H3. The number of ether oxygens (including phenoxy) is 1. The van der Waals surface area contributed by atoms with Crippen LogP contribution in [0.1, 0.15) is 24.8 Å². The van der Waals surface area contributed by atoms with Crippen molar-refractivity contribution >= 4 is 11.4 Å². The lowest BCUT2D eigenvalue weighted by Gasteiger charge is -2.40. The van der Waals surface area contributed by atoms with Crippen LogP contribution in [-0.2, 0) is 4.74 Å². The molecule has 1 saturated carbocycles. The molecule has 88 valence electrons. The van der Waals surface area contributed by atoms with Crippen LogP contribution in [-0.4, -0.2) is 19.3 Å². The fourth-order valence-electron chi connectivity index (χ4n) is 2.04. The van der Waals surface area contributed by atoms with Gasteiger partial charge in [-0.3, -0.25) is 0 Å². The first kappa shape index (κ1) is 11.3. The third-order valence-electron chi connectivity index (χ3n) is 3.59. The topological polar surface area (TPSA) is 47.3 Å². The van der Waals surface area contributed by atoms with E-state index in [0.29, 0.717) is 0 Å². The van der Waals surface area contributed by atoms with Gasteiger partial charge in [0.25, 0.3) is 0 Å². The second-order valence-corrected chi connectivity index (χ2v) is 4.67. The van der Waals surface area contributed by atoms with E-state index in [1.54, 1.807) is 7.11 Å². The van der Waals surface area contributed by atoms with Crippen molar-refractivity contribution in [2.24, 2.45) is 0 Å². The lowest BCUT2D eigenvalue weighted by molar-refractivity contribution is -0.0601. The van der Waals surface area contributed by atoms with Gasteiger partial charge in [0, 0.05) is 25.0 Å². The van der Waals surface area contributed by atoms with Crippen molar-refractivity contribution in [1.29, 1.82) is 0 Å². The molecule has 1 aromatic carbocycles. The van der Waals surface area contributed by atoms with Gasteiger partial charge < -0.3 is 15.8 Å². The molecule has 0 aliphatic heterocycles. The molecule has 16 heavy (non-hydrogen) atoms. The molecule has 1 aliphatic rings. The average molecular weight is 220 g/mol. The average Bonchev–Trinajstić information content (AvgIpc) is 2.22. The van der Waals surface area contributed by atoms with Crippen molar-refractivity contribution < 1.29 is 4.74 Å². The van der Waals surface area contributed by atoms with Crippen LogP contribution in [0.2, 0.25) is 0 Å². The van der Waals surface area contributed by atoms with Crippen molar-refractivity contribution in [3.05, 3.63) is 23.8 Å². The summed E-state index contributed by atoms with van der Waals surface area (Å²) in [4.78, 5) is 0. The van der Waals surface area contributed by atoms with Crippen LogP contribution >= 0.6 is 0 Å². The maximum atomic E-state index is 5.87. The minimum absolute atomic E-state index is 0.0552. The van der Waals surface area contributed by atoms with Crippen molar-refractivity contribution in [3.63, 3.8) is 0 Å². The molecule has 1 fully saturated rings. The molecule has 0 bridgehead atoms. The van der Waals surface area contributed by atoms with Crippen molar-refractivity contribution in [2.75, 3.05) is 24.7 Å². The zero-order valence-corrected chi connectivity index (χ0v) is 10.0. The molecule has 3 nitrogen and oxygen atoms in total. The Morgan fingerprint density at radius 3 is 2.69 bits per heavy atom. The zero-order valence-electron chi connectivity index (χ0n) is 10.0. The Morgan fingerprint density at radius 1 is 1.44 bits per heavy atom. The summed E-state index contributed by atoms with van der Waals surface area (Å²) in [6.07, 6.45) is 3.57. The second kappa shape index (κ2) is 4.34. The van der Waals surface area contributed by atoms with Crippen LogP contribution in [0, 0.1) is 6.92 Å². The summed E-state index contributed by atoms with van der Waals surface area (Å²) >= 11 is 0. The smallest absolute Gasteiger partial charge is 0.0850 e. The number of rotatable bonds is 4. The summed E-state index contributed by atoms with van der Waals surface area (Å²) in [5.41, 5.74) is 8.96. The fourth-order valence-corrected chi connectivity index (χ4v) is 2.04. The van der Waals surface area contributed by atoms with E-state index in [2.05, 4.69) is 11.4 Å². The fraction of sp³-hybridized carbons (Fsp3) is 0.538. The normalized spacial score (nSPS) is 17.9. The van der Waals surface area contributed by atoms with E-state index in [-0.39, 0.29) is 5.60 Å². The van der Waals surface area contributed by atoms with E-state index in [0.717, 1.165) is 36.3 Å². The van der Waals surface area contributed by atoms with Crippen LogP contribution in [0.15, 0.2) is 18.2 Å². The van der Waals surface area contributed by atoms with E-state index in [9.17, 15) is 0 Å². The highest BCUT2D eigenvalue weighted by molar-refractivity contribution is 5.58. The molecule has 0 radical (unpaired) electrons. The van der Waals surface area contributed by atoms with Gasteiger partial charge in [-0.1, -0.05) is 6.07 Å². The molecule has 1 aliphatic carbocycles. The predicted molar refractivity (Wildman–Crippen MR) is 67.7 cm³/mol. The van der Waals surface area contributed by atoms with Gasteiger partial charge in [-0.2, -0.15) is 0 Å². The first-order chi connectivity index (χ1) is 7.65. The van der Waals surface area contributed by atoms with Crippen molar-refractivity contribution in [1.82, 2.24) is 0 Å². The molecular weight excluding hydrogens is 200 g/mol. The summed E-state index contributed by atoms with van der Waals surface area (Å²) in [7, 11) is 1.80. The maximum Gasteiger partial charge on any atom is 0.0850 e. The van der Waals surface area contributed by atoms with Crippen molar-refractivity contribution in [2.45, 2.75) is 31.8 Å². The Hall–Kier alpha value is -1.22. The van der Waals surface area contributed by atoms with E-state index < -0.39 is 0 Å². The van der Waals surface area contributed by atoms with Crippen LogP contribution in [0.4, 0.5) is 11.4 Å². The Balaban J connectivity index is 1.96. The maximum absolute atomic E-state index is 5.87. The van der Waals surface area contributed by atoms with Gasteiger partial charge in [0.15, 0.2) is 0 Å². The summed E-state index contributed by atoms with van der Waals surface area (Å²) in [5, 5.41) is 3.40. The molecule has 2 rings (SSSR count). The molecule has 0 saturated heterocycles. The minimum atomic E-state index is 0.0552. The van der Waals surface area contributed by atoms with Crippen LogP contribution in [0.25, 0.3) is 0 Å². The Labute approximate surface area is 97.0 Å². The highest BCUT2D eigenvalue weighted by Crippen LogP contribution is 2.35. The molecule has 0 spiro atoms. The minimum Gasteiger partial charge on any atom is -0.398 e. The second-order valence-electron chi connectivity index (χ2n) is 4.67. The number of hydrogen-bond donors (Lipinski definition) is 2. The van der Waals surface area contributed by atoms with Crippen molar-refractivity contribution in [3.8, 4) is 0 Å². The Bertz CT molecular complexity index is 367. The molecule has 1 aromatic rings. The van der Waals surface area contributed by atoms with Gasteiger partial charge in [-0.15, -0.1) is 0 Å². The van der Waals surface area contributed by atoms with Crippen LogP contribution < -0.4 is 11.1 Å². The molecule has 0 amide bonds. The molecule has 0 aromatic heterocycles. The quantitative estimate of drug-likeness (QED) is 0.767. The summed E-state index contributed by atoms with van der Waals surface area (Å²) in [6.45, 7) is 2.88. The van der Waals surface area contributed by atoms with Gasteiger partial charge in [0.1, 0.15) is 0 Å². The molecule has 0 heterocycles. The third-order valence-corrected chi connectivity index (χ3v) is 3.59. The van der Waals surface area contributed by atoms with Gasteiger partial charge in [-0.05, 0) is 43.9 Å². The highest BCUT2D eigenvalue weighted by Gasteiger charge is 2.36. The van der Waals surface area contributed by atoms with E-state index in [1.165, 1.54) is 6.42 Å². The van der Waals surface area contributed by atoms with Gasteiger partial charge in [0.2, 0.25) is 0 Å². The monoisotopic (exact) mass is 220 g/mol. The molecule has 3 N–H and O–H groups in total. The number of methoxy groups -OCH3 is 1. The van der Waals surface area contributed by atoms with Gasteiger partial charge >= 0.3 is 0 Å². The number of aryl methyl sites for hydroxylation is 1. The number of nitrogen functional groups attached to an aromatic ring is 1.